The molecule has 108 valence electrons. The first-order chi connectivity index (χ1) is 9.10. The fourth-order valence-corrected chi connectivity index (χ4v) is 1.43. The van der Waals surface area contributed by atoms with Gasteiger partial charge in [-0.1, -0.05) is 20.8 Å². The number of carbonyl (C=O) groups excluding carboxylic acids is 1. The van der Waals surface area contributed by atoms with Crippen LogP contribution in [-0.2, 0) is 5.04 Å². The zero-order valence-corrected chi connectivity index (χ0v) is 11.8. The Morgan fingerprint density at radius 3 is 2.53 bits per heavy atom. The Bertz CT molecular complexity index is 408. The molecule has 1 rings (SSSR count). The SMILES string of the molecule is CC.CCCNc1cc(OOO)c(C)cc1C(N)=O. The first kappa shape index (κ1) is 17.2. The van der Waals surface area contributed by atoms with Crippen LogP contribution in [0, 0.1) is 6.92 Å². The molecule has 6 heteroatoms. The molecule has 0 unspecified atom stereocenters. The molecular formula is C13H22N2O4. The first-order valence-electron chi connectivity index (χ1n) is 6.26. The Balaban J connectivity index is 0.00000154. The maximum Gasteiger partial charge on any atom is 0.250 e. The van der Waals surface area contributed by atoms with E-state index in [1.165, 1.54) is 0 Å². The van der Waals surface area contributed by atoms with Gasteiger partial charge in [0.1, 0.15) is 0 Å². The minimum atomic E-state index is -0.525. The van der Waals surface area contributed by atoms with E-state index in [0.717, 1.165) is 6.42 Å². The maximum absolute atomic E-state index is 11.3. The van der Waals surface area contributed by atoms with Gasteiger partial charge >= 0.3 is 0 Å². The lowest BCUT2D eigenvalue weighted by Gasteiger charge is -2.12. The van der Waals surface area contributed by atoms with Gasteiger partial charge < -0.3 is 15.9 Å². The maximum atomic E-state index is 11.3. The fourth-order valence-electron chi connectivity index (χ4n) is 1.43. The van der Waals surface area contributed by atoms with Gasteiger partial charge in [0.2, 0.25) is 0 Å². The van der Waals surface area contributed by atoms with Gasteiger partial charge in [-0.3, -0.25) is 4.79 Å². The number of nitrogens with two attached hydrogens (primary N) is 1. The van der Waals surface area contributed by atoms with Crippen LogP contribution in [0.4, 0.5) is 5.69 Å². The normalized spacial score (nSPS) is 9.32. The number of rotatable bonds is 6. The van der Waals surface area contributed by atoms with Crippen molar-refractivity contribution in [1.82, 2.24) is 0 Å². The number of primary amides is 1. The molecule has 0 saturated heterocycles. The average molecular weight is 270 g/mol. The van der Waals surface area contributed by atoms with Gasteiger partial charge in [0, 0.05) is 12.6 Å². The van der Waals surface area contributed by atoms with Gasteiger partial charge in [0.15, 0.2) is 5.75 Å². The number of aryl methyl sites for hydroxylation is 1. The van der Waals surface area contributed by atoms with Crippen molar-refractivity contribution in [3.05, 3.63) is 23.3 Å². The van der Waals surface area contributed by atoms with Gasteiger partial charge in [-0.05, 0) is 30.0 Å². The number of nitrogens with one attached hydrogen (secondary N) is 1. The molecule has 19 heavy (non-hydrogen) atoms. The molecule has 0 radical (unpaired) electrons. The molecule has 0 saturated carbocycles. The molecular weight excluding hydrogens is 248 g/mol. The molecule has 6 nitrogen and oxygen atoms in total. The summed E-state index contributed by atoms with van der Waals surface area (Å²) in [6, 6.07) is 3.13. The van der Waals surface area contributed by atoms with E-state index in [1.54, 1.807) is 19.1 Å². The van der Waals surface area contributed by atoms with E-state index in [4.69, 9.17) is 11.0 Å². The molecule has 0 aliphatic heterocycles. The smallest absolute Gasteiger partial charge is 0.250 e. The second-order valence-corrected chi connectivity index (χ2v) is 3.61. The average Bonchev–Trinajstić information content (AvgIpc) is 2.41. The molecule has 0 aliphatic rings. The van der Waals surface area contributed by atoms with Crippen LogP contribution in [0.5, 0.6) is 5.75 Å². The zero-order chi connectivity index (χ0) is 14.8. The second-order valence-electron chi connectivity index (χ2n) is 3.61. The fraction of sp³-hybridized carbons (Fsp3) is 0.462. The molecule has 0 atom stereocenters. The van der Waals surface area contributed by atoms with Crippen LogP contribution in [0.2, 0.25) is 0 Å². The first-order valence-corrected chi connectivity index (χ1v) is 6.26. The highest BCUT2D eigenvalue weighted by Crippen LogP contribution is 2.27. The summed E-state index contributed by atoms with van der Waals surface area (Å²) in [5.41, 5.74) is 6.84. The Hall–Kier alpha value is -1.79. The molecule has 0 spiro atoms. The van der Waals surface area contributed by atoms with Crippen molar-refractivity contribution in [2.24, 2.45) is 5.73 Å². The molecule has 0 bridgehead atoms. The van der Waals surface area contributed by atoms with Crippen LogP contribution in [0.1, 0.15) is 43.1 Å². The van der Waals surface area contributed by atoms with E-state index in [9.17, 15) is 4.79 Å². The minimum absolute atomic E-state index is 0.316. The molecule has 0 fully saturated rings. The van der Waals surface area contributed by atoms with Crippen molar-refractivity contribution in [1.29, 1.82) is 0 Å². The van der Waals surface area contributed by atoms with Crippen LogP contribution < -0.4 is 15.9 Å². The number of benzene rings is 1. The molecule has 0 heterocycles. The van der Waals surface area contributed by atoms with Gasteiger partial charge in [-0.15, -0.1) is 0 Å². The van der Waals surface area contributed by atoms with Gasteiger partial charge in [-0.25, -0.2) is 5.26 Å². The monoisotopic (exact) mass is 270 g/mol. The van der Waals surface area contributed by atoms with Crippen molar-refractivity contribution in [3.8, 4) is 5.75 Å². The summed E-state index contributed by atoms with van der Waals surface area (Å²) >= 11 is 0. The number of hydrogen-bond donors (Lipinski definition) is 3. The summed E-state index contributed by atoms with van der Waals surface area (Å²) in [5.74, 6) is -0.209. The van der Waals surface area contributed by atoms with Crippen molar-refractivity contribution in [2.75, 3.05) is 11.9 Å². The standard InChI is InChI=1S/C11H16N2O4.C2H6/c1-3-4-13-9-6-10(16-17-15)7(2)5-8(9)11(12)14;1-2/h5-6,13,15H,3-4H2,1-2H3,(H2,12,14);1-2H3. The van der Waals surface area contributed by atoms with E-state index in [-0.39, 0.29) is 0 Å². The van der Waals surface area contributed by atoms with E-state index in [0.29, 0.717) is 29.1 Å². The van der Waals surface area contributed by atoms with E-state index < -0.39 is 5.91 Å². The van der Waals surface area contributed by atoms with E-state index in [2.05, 4.69) is 15.2 Å². The number of anilines is 1. The minimum Gasteiger partial charge on any atom is -0.384 e. The van der Waals surface area contributed by atoms with E-state index in [1.807, 2.05) is 20.8 Å². The highest BCUT2D eigenvalue weighted by atomic mass is 17.5. The molecule has 0 aromatic heterocycles. The number of amides is 1. The molecule has 1 amide bonds. The van der Waals surface area contributed by atoms with Gasteiger partial charge in [0.05, 0.1) is 11.3 Å². The summed E-state index contributed by atoms with van der Waals surface area (Å²) in [5, 5.41) is 14.9. The third-order valence-corrected chi connectivity index (χ3v) is 2.27. The van der Waals surface area contributed by atoms with E-state index >= 15 is 0 Å². The third kappa shape index (κ3) is 5.15. The molecule has 4 N–H and O–H groups in total. The Morgan fingerprint density at radius 1 is 1.42 bits per heavy atom. The Labute approximate surface area is 113 Å². The lowest BCUT2D eigenvalue weighted by molar-refractivity contribution is -0.439. The highest BCUT2D eigenvalue weighted by molar-refractivity contribution is 5.99. The lowest BCUT2D eigenvalue weighted by atomic mass is 10.1. The van der Waals surface area contributed by atoms with Crippen molar-refractivity contribution >= 4 is 11.6 Å². The van der Waals surface area contributed by atoms with Crippen molar-refractivity contribution < 1.29 is 20.0 Å². The summed E-state index contributed by atoms with van der Waals surface area (Å²) in [6.07, 6.45) is 0.902. The van der Waals surface area contributed by atoms with Crippen LogP contribution >= 0.6 is 0 Å². The Morgan fingerprint density at radius 2 is 2.05 bits per heavy atom. The summed E-state index contributed by atoms with van der Waals surface area (Å²) in [4.78, 5) is 15.8. The van der Waals surface area contributed by atoms with Crippen LogP contribution in [0.15, 0.2) is 12.1 Å². The predicted octanol–water partition coefficient (Wildman–Crippen LogP) is 2.73. The zero-order valence-electron chi connectivity index (χ0n) is 11.8. The van der Waals surface area contributed by atoms with Crippen LogP contribution in [-0.4, -0.2) is 17.7 Å². The highest BCUT2D eigenvalue weighted by Gasteiger charge is 2.13. The predicted molar refractivity (Wildman–Crippen MR) is 74.2 cm³/mol. The summed E-state index contributed by atoms with van der Waals surface area (Å²) in [7, 11) is 0. The third-order valence-electron chi connectivity index (χ3n) is 2.27. The molecule has 1 aromatic carbocycles. The quantitative estimate of drug-likeness (QED) is 0.546. The van der Waals surface area contributed by atoms with Crippen molar-refractivity contribution in [3.63, 3.8) is 0 Å². The second kappa shape index (κ2) is 9.18. The lowest BCUT2D eigenvalue weighted by Crippen LogP contribution is -2.15. The Kier molecular flexibility index (Phi) is 8.32. The summed E-state index contributed by atoms with van der Waals surface area (Å²) in [6.45, 7) is 8.41. The number of carbonyl (C=O) groups is 1. The summed E-state index contributed by atoms with van der Waals surface area (Å²) < 4.78 is 0. The van der Waals surface area contributed by atoms with Crippen molar-refractivity contribution in [2.45, 2.75) is 34.1 Å². The topological polar surface area (TPSA) is 93.8 Å². The number of hydrogen-bond acceptors (Lipinski definition) is 5. The molecule has 1 aromatic rings. The largest absolute Gasteiger partial charge is 0.384 e. The van der Waals surface area contributed by atoms with Crippen LogP contribution in [0.3, 0.4) is 0 Å². The molecule has 0 aliphatic carbocycles. The van der Waals surface area contributed by atoms with Gasteiger partial charge in [-0.2, -0.15) is 0 Å². The van der Waals surface area contributed by atoms with Gasteiger partial charge in [0.25, 0.3) is 5.91 Å². The van der Waals surface area contributed by atoms with Crippen LogP contribution in [0.25, 0.3) is 0 Å².